The first-order valence-corrected chi connectivity index (χ1v) is 9.88. The summed E-state index contributed by atoms with van der Waals surface area (Å²) in [6.45, 7) is 7.26. The van der Waals surface area contributed by atoms with E-state index in [2.05, 4.69) is 33.3 Å². The van der Waals surface area contributed by atoms with Gasteiger partial charge in [-0.3, -0.25) is 14.6 Å². The molecule has 1 aromatic heterocycles. The molecule has 134 valence electrons. The molecule has 1 fully saturated rings. The minimum Gasteiger partial charge on any atom is -0.348 e. The second kappa shape index (κ2) is 8.81. The van der Waals surface area contributed by atoms with E-state index in [4.69, 9.17) is 11.6 Å². The molecule has 4 nitrogen and oxygen atoms in total. The Hall–Kier alpha value is -1.40. The first kappa shape index (κ1) is 18.4. The zero-order chi connectivity index (χ0) is 17.6. The summed E-state index contributed by atoms with van der Waals surface area (Å²) in [6.07, 6.45) is 0. The molecule has 0 aliphatic carbocycles. The number of benzene rings is 1. The summed E-state index contributed by atoms with van der Waals surface area (Å²) >= 11 is 7.61. The molecule has 0 saturated carbocycles. The van der Waals surface area contributed by atoms with Crippen LogP contribution in [0.25, 0.3) is 0 Å². The van der Waals surface area contributed by atoms with E-state index in [0.29, 0.717) is 6.54 Å². The maximum Gasteiger partial charge on any atom is 0.234 e. The van der Waals surface area contributed by atoms with Gasteiger partial charge in [-0.2, -0.15) is 0 Å². The Morgan fingerprint density at radius 2 is 1.84 bits per heavy atom. The molecule has 3 rings (SSSR count). The van der Waals surface area contributed by atoms with E-state index >= 15 is 0 Å². The number of hydrogen-bond acceptors (Lipinski definition) is 4. The standard InChI is InChI=1S/C19H24ClN3OS/c1-15(18-3-2-12-25-18)21-19(24)14-23-10-8-22(9-11-23)13-16-4-6-17(20)7-5-16/h2-7,12,15H,8-11,13-14H2,1H3,(H,21,24)/t15-/m1/s1. The molecule has 1 aliphatic heterocycles. The molecule has 0 spiro atoms. The van der Waals surface area contributed by atoms with Crippen molar-refractivity contribution in [2.75, 3.05) is 32.7 Å². The van der Waals surface area contributed by atoms with Gasteiger partial charge in [0.2, 0.25) is 5.91 Å². The van der Waals surface area contributed by atoms with Gasteiger partial charge in [0.25, 0.3) is 0 Å². The number of carbonyl (C=O) groups is 1. The lowest BCUT2D eigenvalue weighted by Crippen LogP contribution is -2.49. The monoisotopic (exact) mass is 377 g/mol. The summed E-state index contributed by atoms with van der Waals surface area (Å²) in [5.74, 6) is 0.104. The average Bonchev–Trinajstić information content (AvgIpc) is 3.13. The van der Waals surface area contributed by atoms with Crippen LogP contribution in [0.15, 0.2) is 41.8 Å². The lowest BCUT2D eigenvalue weighted by atomic mass is 10.2. The highest BCUT2D eigenvalue weighted by Gasteiger charge is 2.20. The van der Waals surface area contributed by atoms with Crippen molar-refractivity contribution in [2.24, 2.45) is 0 Å². The van der Waals surface area contributed by atoms with Crippen LogP contribution in [0.4, 0.5) is 0 Å². The topological polar surface area (TPSA) is 35.6 Å². The molecule has 2 aromatic rings. The lowest BCUT2D eigenvalue weighted by Gasteiger charge is -2.34. The average molecular weight is 378 g/mol. The van der Waals surface area contributed by atoms with Crippen LogP contribution in [-0.2, 0) is 11.3 Å². The largest absolute Gasteiger partial charge is 0.348 e. The van der Waals surface area contributed by atoms with Gasteiger partial charge in [-0.05, 0) is 36.1 Å². The molecular weight excluding hydrogens is 354 g/mol. The maximum atomic E-state index is 12.2. The molecule has 2 heterocycles. The van der Waals surface area contributed by atoms with Crippen LogP contribution >= 0.6 is 22.9 Å². The molecular formula is C19H24ClN3OS. The summed E-state index contributed by atoms with van der Waals surface area (Å²) in [7, 11) is 0. The third-order valence-electron chi connectivity index (χ3n) is 4.50. The lowest BCUT2D eigenvalue weighted by molar-refractivity contribution is -0.123. The second-order valence-corrected chi connectivity index (χ2v) is 7.90. The zero-order valence-electron chi connectivity index (χ0n) is 14.5. The van der Waals surface area contributed by atoms with Gasteiger partial charge in [-0.1, -0.05) is 29.8 Å². The van der Waals surface area contributed by atoms with E-state index in [1.165, 1.54) is 10.4 Å². The van der Waals surface area contributed by atoms with Crippen molar-refractivity contribution < 1.29 is 4.79 Å². The van der Waals surface area contributed by atoms with E-state index in [9.17, 15) is 4.79 Å². The van der Waals surface area contributed by atoms with Crippen LogP contribution in [0.5, 0.6) is 0 Å². The van der Waals surface area contributed by atoms with Crippen LogP contribution < -0.4 is 5.32 Å². The maximum absolute atomic E-state index is 12.2. The highest BCUT2D eigenvalue weighted by atomic mass is 35.5. The Balaban J connectivity index is 1.40. The first-order valence-electron chi connectivity index (χ1n) is 8.62. The Kier molecular flexibility index (Phi) is 6.48. The van der Waals surface area contributed by atoms with Gasteiger partial charge in [-0.15, -0.1) is 11.3 Å². The molecule has 1 aromatic carbocycles. The van der Waals surface area contributed by atoms with E-state index in [1.807, 2.05) is 30.5 Å². The van der Waals surface area contributed by atoms with Crippen molar-refractivity contribution >= 4 is 28.8 Å². The minimum absolute atomic E-state index is 0.0821. The molecule has 25 heavy (non-hydrogen) atoms. The highest BCUT2D eigenvalue weighted by Crippen LogP contribution is 2.18. The third-order valence-corrected chi connectivity index (χ3v) is 5.81. The van der Waals surface area contributed by atoms with E-state index in [1.54, 1.807) is 11.3 Å². The molecule has 0 unspecified atom stereocenters. The van der Waals surface area contributed by atoms with Gasteiger partial charge < -0.3 is 5.32 Å². The van der Waals surface area contributed by atoms with Crippen molar-refractivity contribution in [2.45, 2.75) is 19.5 Å². The number of carbonyl (C=O) groups excluding carboxylic acids is 1. The normalized spacial score (nSPS) is 17.4. The van der Waals surface area contributed by atoms with Gasteiger partial charge >= 0.3 is 0 Å². The Morgan fingerprint density at radius 3 is 2.48 bits per heavy atom. The van der Waals surface area contributed by atoms with Crippen molar-refractivity contribution in [3.63, 3.8) is 0 Å². The van der Waals surface area contributed by atoms with E-state index < -0.39 is 0 Å². The summed E-state index contributed by atoms with van der Waals surface area (Å²) in [4.78, 5) is 18.1. The van der Waals surface area contributed by atoms with Crippen LogP contribution in [0.3, 0.4) is 0 Å². The van der Waals surface area contributed by atoms with Crippen molar-refractivity contribution in [3.05, 3.63) is 57.2 Å². The number of rotatable bonds is 6. The fourth-order valence-electron chi connectivity index (χ4n) is 3.05. The zero-order valence-corrected chi connectivity index (χ0v) is 16.0. The van der Waals surface area contributed by atoms with Gasteiger partial charge in [0, 0.05) is 42.6 Å². The molecule has 0 bridgehead atoms. The van der Waals surface area contributed by atoms with Gasteiger partial charge in [0.15, 0.2) is 0 Å². The van der Waals surface area contributed by atoms with E-state index in [0.717, 1.165) is 37.7 Å². The summed E-state index contributed by atoms with van der Waals surface area (Å²) in [6, 6.07) is 12.2. The number of hydrogen-bond donors (Lipinski definition) is 1. The number of nitrogens with zero attached hydrogens (tertiary/aromatic N) is 2. The van der Waals surface area contributed by atoms with Crippen LogP contribution in [0, 0.1) is 0 Å². The fraction of sp³-hybridized carbons (Fsp3) is 0.421. The number of piperazine rings is 1. The molecule has 0 radical (unpaired) electrons. The smallest absolute Gasteiger partial charge is 0.234 e. The van der Waals surface area contributed by atoms with Crippen LogP contribution in [0.1, 0.15) is 23.4 Å². The molecule has 1 N–H and O–H groups in total. The molecule has 1 saturated heterocycles. The van der Waals surface area contributed by atoms with Crippen LogP contribution in [-0.4, -0.2) is 48.4 Å². The third kappa shape index (κ3) is 5.54. The minimum atomic E-state index is 0.0821. The molecule has 1 amide bonds. The number of amides is 1. The number of thiophene rings is 1. The van der Waals surface area contributed by atoms with Crippen molar-refractivity contribution in [1.82, 2.24) is 15.1 Å². The van der Waals surface area contributed by atoms with E-state index in [-0.39, 0.29) is 11.9 Å². The summed E-state index contributed by atoms with van der Waals surface area (Å²) in [5, 5.41) is 5.90. The van der Waals surface area contributed by atoms with Crippen molar-refractivity contribution in [3.8, 4) is 0 Å². The summed E-state index contributed by atoms with van der Waals surface area (Å²) < 4.78 is 0. The molecule has 6 heteroatoms. The fourth-order valence-corrected chi connectivity index (χ4v) is 3.91. The Morgan fingerprint density at radius 1 is 1.16 bits per heavy atom. The SMILES string of the molecule is C[C@@H](NC(=O)CN1CCN(Cc2ccc(Cl)cc2)CC1)c1cccs1. The molecule has 1 aliphatic rings. The Labute approximate surface area is 158 Å². The number of nitrogens with one attached hydrogen (secondary N) is 1. The highest BCUT2D eigenvalue weighted by molar-refractivity contribution is 7.10. The van der Waals surface area contributed by atoms with Gasteiger partial charge in [-0.25, -0.2) is 0 Å². The molecule has 1 atom stereocenters. The predicted octanol–water partition coefficient (Wildman–Crippen LogP) is 3.40. The second-order valence-electron chi connectivity index (χ2n) is 6.48. The van der Waals surface area contributed by atoms with Crippen LogP contribution in [0.2, 0.25) is 5.02 Å². The summed E-state index contributed by atoms with van der Waals surface area (Å²) in [5.41, 5.74) is 1.28. The van der Waals surface area contributed by atoms with Gasteiger partial charge in [0.1, 0.15) is 0 Å². The first-order chi connectivity index (χ1) is 12.1. The predicted molar refractivity (Wildman–Crippen MR) is 104 cm³/mol. The van der Waals surface area contributed by atoms with Gasteiger partial charge in [0.05, 0.1) is 12.6 Å². The quantitative estimate of drug-likeness (QED) is 0.838. The Bertz CT molecular complexity index is 666. The number of halogens is 1. The van der Waals surface area contributed by atoms with Crippen molar-refractivity contribution in [1.29, 1.82) is 0 Å².